The van der Waals surface area contributed by atoms with Crippen LogP contribution in [-0.2, 0) is 21.6 Å². The largest absolute Gasteiger partial charge is 0.436 e. The van der Waals surface area contributed by atoms with Crippen molar-refractivity contribution < 1.29 is 23.1 Å². The second kappa shape index (κ2) is 10.8. The first-order chi connectivity index (χ1) is 19.7. The topological polar surface area (TPSA) is 87.3 Å². The molecule has 1 spiro atoms. The van der Waals surface area contributed by atoms with Crippen molar-refractivity contribution in [3.8, 4) is 11.3 Å². The Labute approximate surface area is 244 Å². The number of amides is 2. The fourth-order valence-electron chi connectivity index (χ4n) is 5.59. The fraction of sp³-hybridized carbons (Fsp3) is 0.233. The van der Waals surface area contributed by atoms with Gasteiger partial charge in [-0.15, -0.1) is 0 Å². The normalized spacial score (nSPS) is 18.9. The van der Waals surface area contributed by atoms with E-state index in [9.17, 15) is 18.4 Å². The first kappa shape index (κ1) is 27.2. The number of halogens is 4. The van der Waals surface area contributed by atoms with Gasteiger partial charge in [-0.2, -0.15) is 0 Å². The number of rotatable bonds is 5. The van der Waals surface area contributed by atoms with Gasteiger partial charge in [-0.1, -0.05) is 35.3 Å². The molecule has 1 saturated heterocycles. The standard InChI is InChI=1S/C30H24Cl2F2N4O3/c31-19-6-11-24-23(15-19)30(41-29(40)35-24)12-1-13-38(16-30)28(39)22(14-17-2-7-20(33)8-3-17)27-36-25(26(32)37-27)18-4-9-21(34)10-5-18/h2-11,15,22H,1,12-14,16H2,(H,35,40)(H,36,37)/t22?,30-/m0/s1. The minimum absolute atomic E-state index is 0.117. The second-order valence-corrected chi connectivity index (χ2v) is 11.1. The molecule has 2 amide bonds. The molecule has 1 aromatic heterocycles. The van der Waals surface area contributed by atoms with E-state index in [-0.39, 0.29) is 29.8 Å². The van der Waals surface area contributed by atoms with Crippen LogP contribution in [0.4, 0.5) is 19.3 Å². The number of imidazole rings is 1. The van der Waals surface area contributed by atoms with Gasteiger partial charge >= 0.3 is 6.09 Å². The Morgan fingerprint density at radius 3 is 2.49 bits per heavy atom. The zero-order chi connectivity index (χ0) is 28.7. The van der Waals surface area contributed by atoms with Crippen LogP contribution in [0.25, 0.3) is 11.3 Å². The van der Waals surface area contributed by atoms with E-state index in [1.54, 1.807) is 47.4 Å². The molecule has 41 heavy (non-hydrogen) atoms. The van der Waals surface area contributed by atoms with E-state index < -0.39 is 23.4 Å². The SMILES string of the molecule is O=C1Nc2ccc(Cl)cc2[C@@]2(CCCN(C(=O)C(Cc3ccc(F)cc3)c3nc(-c4ccc(F)cc4)c(Cl)[nH]3)C2)O1. The number of likely N-dealkylation sites (tertiary alicyclic amines) is 1. The number of nitrogens with zero attached hydrogens (tertiary/aromatic N) is 2. The molecule has 0 bridgehead atoms. The summed E-state index contributed by atoms with van der Waals surface area (Å²) < 4.78 is 33.1. The lowest BCUT2D eigenvalue weighted by atomic mass is 9.83. The number of fused-ring (bicyclic) bond motifs is 2. The van der Waals surface area contributed by atoms with Crippen molar-refractivity contribution in [2.45, 2.75) is 30.8 Å². The molecule has 6 rings (SSSR count). The van der Waals surface area contributed by atoms with Crippen LogP contribution < -0.4 is 5.32 Å². The molecule has 2 aliphatic rings. The Morgan fingerprint density at radius 2 is 1.76 bits per heavy atom. The molecule has 0 aliphatic carbocycles. The van der Waals surface area contributed by atoms with Gasteiger partial charge in [-0.05, 0) is 79.4 Å². The number of H-pyrrole nitrogens is 1. The quantitative estimate of drug-likeness (QED) is 0.258. The Morgan fingerprint density at radius 1 is 1.05 bits per heavy atom. The third kappa shape index (κ3) is 5.39. The molecule has 210 valence electrons. The van der Waals surface area contributed by atoms with Crippen molar-refractivity contribution in [1.29, 1.82) is 0 Å². The Bertz CT molecular complexity index is 1630. The van der Waals surface area contributed by atoms with Gasteiger partial charge in [0.05, 0.1) is 12.2 Å². The van der Waals surface area contributed by atoms with Crippen molar-refractivity contribution in [1.82, 2.24) is 14.9 Å². The van der Waals surface area contributed by atoms with Crippen molar-refractivity contribution >= 4 is 40.9 Å². The van der Waals surface area contributed by atoms with Gasteiger partial charge in [0, 0.05) is 22.7 Å². The van der Waals surface area contributed by atoms with Crippen molar-refractivity contribution in [2.24, 2.45) is 0 Å². The van der Waals surface area contributed by atoms with Gasteiger partial charge in [0.2, 0.25) is 5.91 Å². The van der Waals surface area contributed by atoms with Crippen LogP contribution in [0.15, 0.2) is 66.7 Å². The molecule has 0 saturated carbocycles. The van der Waals surface area contributed by atoms with Gasteiger partial charge in [0.15, 0.2) is 5.60 Å². The van der Waals surface area contributed by atoms with E-state index in [4.69, 9.17) is 27.9 Å². The maximum absolute atomic E-state index is 14.3. The highest BCUT2D eigenvalue weighted by atomic mass is 35.5. The van der Waals surface area contributed by atoms with E-state index in [0.717, 1.165) is 5.56 Å². The molecule has 7 nitrogen and oxygen atoms in total. The number of hydrogen-bond acceptors (Lipinski definition) is 4. The van der Waals surface area contributed by atoms with Crippen molar-refractivity contribution in [2.75, 3.05) is 18.4 Å². The van der Waals surface area contributed by atoms with E-state index in [2.05, 4.69) is 15.3 Å². The number of hydrogen-bond donors (Lipinski definition) is 2. The summed E-state index contributed by atoms with van der Waals surface area (Å²) in [5.41, 5.74) is 1.90. The monoisotopic (exact) mass is 596 g/mol. The molecule has 3 aromatic carbocycles. The highest BCUT2D eigenvalue weighted by Crippen LogP contribution is 2.44. The van der Waals surface area contributed by atoms with E-state index in [0.29, 0.717) is 52.7 Å². The lowest BCUT2D eigenvalue weighted by Crippen LogP contribution is -2.54. The summed E-state index contributed by atoms with van der Waals surface area (Å²) in [7, 11) is 0. The van der Waals surface area contributed by atoms with E-state index >= 15 is 0 Å². The molecule has 3 heterocycles. The number of anilines is 1. The van der Waals surface area contributed by atoms with Crippen LogP contribution in [0, 0.1) is 11.6 Å². The minimum Gasteiger partial charge on any atom is -0.436 e. The number of aromatic amines is 1. The first-order valence-electron chi connectivity index (χ1n) is 13.1. The lowest BCUT2D eigenvalue weighted by molar-refractivity contribution is -0.140. The number of nitrogens with one attached hydrogen (secondary N) is 2. The highest BCUT2D eigenvalue weighted by molar-refractivity contribution is 6.32. The summed E-state index contributed by atoms with van der Waals surface area (Å²) in [6, 6.07) is 16.8. The molecule has 11 heteroatoms. The van der Waals surface area contributed by atoms with Crippen LogP contribution >= 0.6 is 23.2 Å². The lowest BCUT2D eigenvalue weighted by Gasteiger charge is -2.45. The average molecular weight is 597 g/mol. The zero-order valence-electron chi connectivity index (χ0n) is 21.6. The van der Waals surface area contributed by atoms with Gasteiger partial charge in [-0.25, -0.2) is 18.6 Å². The van der Waals surface area contributed by atoms with Crippen LogP contribution in [0.3, 0.4) is 0 Å². The molecule has 2 N–H and O–H groups in total. The number of ether oxygens (including phenoxy) is 1. The predicted molar refractivity (Wildman–Crippen MR) is 151 cm³/mol. The zero-order valence-corrected chi connectivity index (χ0v) is 23.1. The fourth-order valence-corrected chi connectivity index (χ4v) is 6.01. The molecule has 1 unspecified atom stereocenters. The Balaban J connectivity index is 1.36. The maximum atomic E-state index is 14.3. The highest BCUT2D eigenvalue weighted by Gasteiger charge is 2.47. The third-order valence-electron chi connectivity index (χ3n) is 7.54. The molecule has 4 aromatic rings. The molecular formula is C30H24Cl2F2N4O3. The van der Waals surface area contributed by atoms with Gasteiger partial charge in [0.25, 0.3) is 0 Å². The number of carbonyl (C=O) groups excluding carboxylic acids is 2. The summed E-state index contributed by atoms with van der Waals surface area (Å²) in [6.07, 6.45) is 0.702. The molecule has 2 aliphatic heterocycles. The summed E-state index contributed by atoms with van der Waals surface area (Å²) in [6.45, 7) is 0.548. The number of carbonyl (C=O) groups is 2. The van der Waals surface area contributed by atoms with Crippen molar-refractivity contribution in [3.63, 3.8) is 0 Å². The van der Waals surface area contributed by atoms with Crippen LogP contribution in [0.2, 0.25) is 10.2 Å². The van der Waals surface area contributed by atoms with Crippen molar-refractivity contribution in [3.05, 3.63) is 105 Å². The molecule has 2 atom stereocenters. The van der Waals surface area contributed by atoms with Gasteiger partial charge in [0.1, 0.15) is 34.2 Å². The average Bonchev–Trinajstić information content (AvgIpc) is 3.34. The second-order valence-electron chi connectivity index (χ2n) is 10.2. The van der Waals surface area contributed by atoms with Crippen LogP contribution in [0.5, 0.6) is 0 Å². The van der Waals surface area contributed by atoms with E-state index in [1.807, 2.05) is 0 Å². The van der Waals surface area contributed by atoms with Crippen LogP contribution in [-0.4, -0.2) is 40.0 Å². The summed E-state index contributed by atoms with van der Waals surface area (Å²) in [5, 5.41) is 3.40. The minimum atomic E-state index is -1.07. The van der Waals surface area contributed by atoms with Crippen LogP contribution in [0.1, 0.15) is 35.7 Å². The number of piperidine rings is 1. The van der Waals surface area contributed by atoms with Gasteiger partial charge < -0.3 is 14.6 Å². The number of aromatic nitrogens is 2. The summed E-state index contributed by atoms with van der Waals surface area (Å²) in [5.74, 6) is -1.56. The molecule has 1 fully saturated rings. The summed E-state index contributed by atoms with van der Waals surface area (Å²) in [4.78, 5) is 36.2. The predicted octanol–water partition coefficient (Wildman–Crippen LogP) is 7.07. The Hall–Kier alpha value is -3.95. The molecular weight excluding hydrogens is 573 g/mol. The molecule has 0 radical (unpaired) electrons. The Kier molecular flexibility index (Phi) is 7.17. The number of benzene rings is 3. The summed E-state index contributed by atoms with van der Waals surface area (Å²) >= 11 is 12.8. The maximum Gasteiger partial charge on any atom is 0.412 e. The third-order valence-corrected chi connectivity index (χ3v) is 8.05. The first-order valence-corrected chi connectivity index (χ1v) is 13.8. The van der Waals surface area contributed by atoms with E-state index in [1.165, 1.54) is 24.3 Å². The van der Waals surface area contributed by atoms with Gasteiger partial charge in [-0.3, -0.25) is 10.1 Å². The smallest absolute Gasteiger partial charge is 0.412 e.